The Labute approximate surface area is 114 Å². The molecule has 1 aromatic heterocycles. The number of benzene rings is 1. The van der Waals surface area contributed by atoms with E-state index in [2.05, 4.69) is 41.6 Å². The van der Waals surface area contributed by atoms with Gasteiger partial charge in [-0.2, -0.15) is 0 Å². The molecule has 2 unspecified atom stereocenters. The Balaban J connectivity index is 2.07. The summed E-state index contributed by atoms with van der Waals surface area (Å²) in [5.41, 5.74) is 2.61. The highest BCUT2D eigenvalue weighted by molar-refractivity contribution is 5.89. The lowest BCUT2D eigenvalue weighted by Gasteiger charge is -2.29. The second-order valence-corrected chi connectivity index (χ2v) is 5.43. The fourth-order valence-electron chi connectivity index (χ4n) is 3.22. The number of H-pyrrole nitrogens is 1. The van der Waals surface area contributed by atoms with Crippen molar-refractivity contribution in [3.63, 3.8) is 0 Å². The molecule has 2 heterocycles. The first-order chi connectivity index (χ1) is 9.31. The van der Waals surface area contributed by atoms with Gasteiger partial charge in [-0.1, -0.05) is 13.0 Å². The van der Waals surface area contributed by atoms with Gasteiger partial charge in [0, 0.05) is 17.1 Å². The van der Waals surface area contributed by atoms with Crippen LogP contribution in [0, 0.1) is 5.92 Å². The van der Waals surface area contributed by atoms with Crippen LogP contribution in [0.4, 0.5) is 0 Å². The predicted octanol–water partition coefficient (Wildman–Crippen LogP) is 3.28. The lowest BCUT2D eigenvalue weighted by atomic mass is 9.82. The molecule has 102 valence electrons. The number of nitrogens with one attached hydrogen (secondary N) is 2. The topological polar surface area (TPSA) is 37.0 Å². The SMILES string of the molecule is CCOc1cccc2[nH]cc(C3CCNCC3C)c12. The van der Waals surface area contributed by atoms with Crippen LogP contribution in [0.5, 0.6) is 5.75 Å². The van der Waals surface area contributed by atoms with Crippen LogP contribution in [0.25, 0.3) is 10.9 Å². The van der Waals surface area contributed by atoms with E-state index < -0.39 is 0 Å². The summed E-state index contributed by atoms with van der Waals surface area (Å²) in [6.07, 6.45) is 3.38. The molecule has 2 atom stereocenters. The first-order valence-electron chi connectivity index (χ1n) is 7.24. The van der Waals surface area contributed by atoms with Gasteiger partial charge < -0.3 is 15.0 Å². The number of rotatable bonds is 3. The fraction of sp³-hybridized carbons (Fsp3) is 0.500. The molecular formula is C16H22N2O. The van der Waals surface area contributed by atoms with Crippen LogP contribution in [0.1, 0.15) is 31.7 Å². The number of hydrogen-bond donors (Lipinski definition) is 2. The van der Waals surface area contributed by atoms with Gasteiger partial charge in [0.2, 0.25) is 0 Å². The van der Waals surface area contributed by atoms with Crippen molar-refractivity contribution < 1.29 is 4.74 Å². The molecule has 19 heavy (non-hydrogen) atoms. The Hall–Kier alpha value is -1.48. The first-order valence-corrected chi connectivity index (χ1v) is 7.24. The van der Waals surface area contributed by atoms with Crippen molar-refractivity contribution in [2.24, 2.45) is 5.92 Å². The van der Waals surface area contributed by atoms with Crippen molar-refractivity contribution in [1.29, 1.82) is 0 Å². The van der Waals surface area contributed by atoms with Gasteiger partial charge in [-0.25, -0.2) is 0 Å². The molecule has 0 spiro atoms. The minimum Gasteiger partial charge on any atom is -0.493 e. The Kier molecular flexibility index (Phi) is 3.47. The molecular weight excluding hydrogens is 236 g/mol. The van der Waals surface area contributed by atoms with Crippen LogP contribution < -0.4 is 10.1 Å². The lowest BCUT2D eigenvalue weighted by molar-refractivity contribution is 0.339. The van der Waals surface area contributed by atoms with Crippen LogP contribution in [0.3, 0.4) is 0 Å². The summed E-state index contributed by atoms with van der Waals surface area (Å²) >= 11 is 0. The van der Waals surface area contributed by atoms with Gasteiger partial charge in [-0.3, -0.25) is 0 Å². The van der Waals surface area contributed by atoms with Crippen LogP contribution in [-0.2, 0) is 0 Å². The molecule has 2 N–H and O–H groups in total. The molecule has 2 aromatic rings. The highest BCUT2D eigenvalue weighted by Gasteiger charge is 2.26. The summed E-state index contributed by atoms with van der Waals surface area (Å²) in [6, 6.07) is 6.27. The third kappa shape index (κ3) is 2.23. The minimum atomic E-state index is 0.622. The van der Waals surface area contributed by atoms with E-state index in [4.69, 9.17) is 4.74 Å². The van der Waals surface area contributed by atoms with E-state index in [1.165, 1.54) is 22.9 Å². The number of ether oxygens (including phenoxy) is 1. The fourth-order valence-corrected chi connectivity index (χ4v) is 3.22. The third-order valence-electron chi connectivity index (χ3n) is 4.18. The van der Waals surface area contributed by atoms with Crippen molar-refractivity contribution in [2.75, 3.05) is 19.7 Å². The first kappa shape index (κ1) is 12.5. The van der Waals surface area contributed by atoms with Gasteiger partial charge in [0.1, 0.15) is 5.75 Å². The van der Waals surface area contributed by atoms with E-state index in [9.17, 15) is 0 Å². The van der Waals surface area contributed by atoms with E-state index in [0.29, 0.717) is 18.4 Å². The molecule has 0 saturated carbocycles. The van der Waals surface area contributed by atoms with Gasteiger partial charge in [0.25, 0.3) is 0 Å². The molecule has 0 bridgehead atoms. The van der Waals surface area contributed by atoms with E-state index in [0.717, 1.165) is 18.8 Å². The number of aromatic nitrogens is 1. The second-order valence-electron chi connectivity index (χ2n) is 5.43. The van der Waals surface area contributed by atoms with Crippen molar-refractivity contribution in [3.8, 4) is 5.75 Å². The standard InChI is InChI=1S/C16H22N2O/c1-3-19-15-6-4-5-14-16(15)13(10-18-14)12-7-8-17-9-11(12)2/h4-6,10-12,17-18H,3,7-9H2,1-2H3. The monoisotopic (exact) mass is 258 g/mol. The molecule has 1 saturated heterocycles. The van der Waals surface area contributed by atoms with Gasteiger partial charge in [-0.15, -0.1) is 0 Å². The Morgan fingerprint density at radius 1 is 1.37 bits per heavy atom. The normalized spacial score (nSPS) is 23.7. The average Bonchev–Trinajstić information content (AvgIpc) is 2.84. The quantitative estimate of drug-likeness (QED) is 0.886. The van der Waals surface area contributed by atoms with Crippen molar-refractivity contribution in [2.45, 2.75) is 26.2 Å². The van der Waals surface area contributed by atoms with Gasteiger partial charge >= 0.3 is 0 Å². The van der Waals surface area contributed by atoms with Crippen molar-refractivity contribution in [3.05, 3.63) is 30.0 Å². The number of aromatic amines is 1. The maximum atomic E-state index is 5.81. The zero-order valence-electron chi connectivity index (χ0n) is 11.7. The smallest absolute Gasteiger partial charge is 0.128 e. The van der Waals surface area contributed by atoms with Crippen LogP contribution >= 0.6 is 0 Å². The van der Waals surface area contributed by atoms with E-state index in [1.807, 2.05) is 6.92 Å². The zero-order valence-corrected chi connectivity index (χ0v) is 11.7. The van der Waals surface area contributed by atoms with Gasteiger partial charge in [-0.05, 0) is 56.0 Å². The van der Waals surface area contributed by atoms with Crippen LogP contribution in [-0.4, -0.2) is 24.7 Å². The van der Waals surface area contributed by atoms with E-state index >= 15 is 0 Å². The number of piperidine rings is 1. The maximum Gasteiger partial charge on any atom is 0.128 e. The van der Waals surface area contributed by atoms with E-state index in [-0.39, 0.29) is 0 Å². The number of hydrogen-bond acceptors (Lipinski definition) is 2. The third-order valence-corrected chi connectivity index (χ3v) is 4.18. The number of fused-ring (bicyclic) bond motifs is 1. The zero-order chi connectivity index (χ0) is 13.2. The van der Waals surface area contributed by atoms with E-state index in [1.54, 1.807) is 0 Å². The summed E-state index contributed by atoms with van der Waals surface area (Å²) in [5.74, 6) is 2.31. The molecule has 3 nitrogen and oxygen atoms in total. The largest absolute Gasteiger partial charge is 0.493 e. The van der Waals surface area contributed by atoms with Crippen LogP contribution in [0.2, 0.25) is 0 Å². The molecule has 1 aliphatic heterocycles. The summed E-state index contributed by atoms with van der Waals surface area (Å²) in [5, 5.41) is 4.75. The molecule has 3 rings (SSSR count). The summed E-state index contributed by atoms with van der Waals surface area (Å²) in [6.45, 7) is 7.30. The maximum absolute atomic E-state index is 5.81. The molecule has 1 aliphatic rings. The molecule has 0 amide bonds. The summed E-state index contributed by atoms with van der Waals surface area (Å²) < 4.78 is 5.81. The summed E-state index contributed by atoms with van der Waals surface area (Å²) in [4.78, 5) is 3.40. The minimum absolute atomic E-state index is 0.622. The van der Waals surface area contributed by atoms with Crippen molar-refractivity contribution in [1.82, 2.24) is 10.3 Å². The van der Waals surface area contributed by atoms with Crippen molar-refractivity contribution >= 4 is 10.9 Å². The lowest BCUT2D eigenvalue weighted by Crippen LogP contribution is -2.33. The predicted molar refractivity (Wildman–Crippen MR) is 78.9 cm³/mol. The molecule has 1 fully saturated rings. The Bertz CT molecular complexity index is 561. The second kappa shape index (κ2) is 5.25. The molecule has 0 radical (unpaired) electrons. The van der Waals surface area contributed by atoms with Gasteiger partial charge in [0.05, 0.1) is 6.61 Å². The molecule has 0 aliphatic carbocycles. The highest BCUT2D eigenvalue weighted by atomic mass is 16.5. The average molecular weight is 258 g/mol. The Morgan fingerprint density at radius 3 is 3.05 bits per heavy atom. The van der Waals surface area contributed by atoms with Gasteiger partial charge in [0.15, 0.2) is 0 Å². The molecule has 3 heteroatoms. The molecule has 1 aromatic carbocycles. The Morgan fingerprint density at radius 2 is 2.26 bits per heavy atom. The van der Waals surface area contributed by atoms with Crippen LogP contribution in [0.15, 0.2) is 24.4 Å². The summed E-state index contributed by atoms with van der Waals surface area (Å²) in [7, 11) is 0. The highest BCUT2D eigenvalue weighted by Crippen LogP contribution is 2.38.